The number of rotatable bonds is 8. The molecule has 0 unspecified atom stereocenters. The Bertz CT molecular complexity index is 595. The number of carbonyl (C=O) groups is 1. The SMILES string of the molecule is Cc1ccc(Cn2cc(C(=O)NCCOCCO)nn2)cc1. The van der Waals surface area contributed by atoms with E-state index in [0.717, 1.165) is 5.56 Å². The molecule has 1 aromatic heterocycles. The number of benzene rings is 1. The van der Waals surface area contributed by atoms with Gasteiger partial charge in [-0.3, -0.25) is 4.79 Å². The number of carbonyl (C=O) groups excluding carboxylic acids is 1. The van der Waals surface area contributed by atoms with Crippen molar-refractivity contribution in [2.45, 2.75) is 13.5 Å². The first-order valence-electron chi connectivity index (χ1n) is 7.11. The molecule has 2 aromatic rings. The molecule has 0 atom stereocenters. The molecule has 1 aromatic carbocycles. The first-order valence-corrected chi connectivity index (χ1v) is 7.11. The van der Waals surface area contributed by atoms with E-state index in [1.807, 2.05) is 31.2 Å². The minimum Gasteiger partial charge on any atom is -0.394 e. The lowest BCUT2D eigenvalue weighted by molar-refractivity contribution is 0.0835. The van der Waals surface area contributed by atoms with Crippen LogP contribution in [0.2, 0.25) is 0 Å². The van der Waals surface area contributed by atoms with Gasteiger partial charge < -0.3 is 15.2 Å². The molecule has 0 aliphatic carbocycles. The van der Waals surface area contributed by atoms with Gasteiger partial charge in [-0.1, -0.05) is 35.0 Å². The fourth-order valence-corrected chi connectivity index (χ4v) is 1.85. The zero-order valence-electron chi connectivity index (χ0n) is 12.5. The molecule has 2 N–H and O–H groups in total. The highest BCUT2D eigenvalue weighted by Crippen LogP contribution is 2.05. The van der Waals surface area contributed by atoms with Crippen molar-refractivity contribution in [2.75, 3.05) is 26.4 Å². The largest absolute Gasteiger partial charge is 0.394 e. The highest BCUT2D eigenvalue weighted by molar-refractivity contribution is 5.91. The van der Waals surface area contributed by atoms with Crippen LogP contribution in [-0.4, -0.2) is 52.4 Å². The van der Waals surface area contributed by atoms with Crippen molar-refractivity contribution >= 4 is 5.91 Å². The maximum absolute atomic E-state index is 11.9. The molecule has 0 aliphatic heterocycles. The van der Waals surface area contributed by atoms with Crippen molar-refractivity contribution in [3.8, 4) is 0 Å². The van der Waals surface area contributed by atoms with Crippen LogP contribution in [0.15, 0.2) is 30.5 Å². The van der Waals surface area contributed by atoms with Gasteiger partial charge >= 0.3 is 0 Å². The van der Waals surface area contributed by atoms with Gasteiger partial charge in [0.2, 0.25) is 0 Å². The van der Waals surface area contributed by atoms with Gasteiger partial charge in [0.1, 0.15) is 0 Å². The molecular formula is C15H20N4O3. The summed E-state index contributed by atoms with van der Waals surface area (Å²) in [5.41, 5.74) is 2.57. The van der Waals surface area contributed by atoms with E-state index in [1.54, 1.807) is 10.9 Å². The van der Waals surface area contributed by atoms with Crippen LogP contribution >= 0.6 is 0 Å². The maximum Gasteiger partial charge on any atom is 0.273 e. The minimum atomic E-state index is -0.289. The second kappa shape index (κ2) is 8.26. The van der Waals surface area contributed by atoms with Gasteiger partial charge in [0.25, 0.3) is 5.91 Å². The molecule has 0 saturated heterocycles. The summed E-state index contributed by atoms with van der Waals surface area (Å²) < 4.78 is 6.68. The molecule has 0 aliphatic rings. The zero-order valence-corrected chi connectivity index (χ0v) is 12.5. The summed E-state index contributed by atoms with van der Waals surface area (Å²) in [7, 11) is 0. The predicted molar refractivity (Wildman–Crippen MR) is 80.5 cm³/mol. The van der Waals surface area contributed by atoms with E-state index in [2.05, 4.69) is 15.6 Å². The Balaban J connectivity index is 1.82. The topological polar surface area (TPSA) is 89.3 Å². The van der Waals surface area contributed by atoms with Crippen molar-refractivity contribution in [2.24, 2.45) is 0 Å². The third kappa shape index (κ3) is 4.94. The van der Waals surface area contributed by atoms with E-state index >= 15 is 0 Å². The van der Waals surface area contributed by atoms with Gasteiger partial charge in [0.15, 0.2) is 5.69 Å². The van der Waals surface area contributed by atoms with E-state index in [9.17, 15) is 4.79 Å². The molecule has 1 amide bonds. The fraction of sp³-hybridized carbons (Fsp3) is 0.400. The first-order chi connectivity index (χ1) is 10.7. The molecule has 0 saturated carbocycles. The Labute approximate surface area is 128 Å². The van der Waals surface area contributed by atoms with Crippen LogP contribution in [-0.2, 0) is 11.3 Å². The summed E-state index contributed by atoms with van der Waals surface area (Å²) in [4.78, 5) is 11.9. The Hall–Kier alpha value is -2.25. The van der Waals surface area contributed by atoms with Crippen molar-refractivity contribution in [3.63, 3.8) is 0 Å². The maximum atomic E-state index is 11.9. The van der Waals surface area contributed by atoms with Gasteiger partial charge in [-0.25, -0.2) is 4.68 Å². The smallest absolute Gasteiger partial charge is 0.273 e. The van der Waals surface area contributed by atoms with E-state index in [-0.39, 0.29) is 24.8 Å². The number of nitrogens with one attached hydrogen (secondary N) is 1. The third-order valence-corrected chi connectivity index (χ3v) is 3.00. The van der Waals surface area contributed by atoms with Gasteiger partial charge in [0.05, 0.1) is 32.6 Å². The monoisotopic (exact) mass is 304 g/mol. The van der Waals surface area contributed by atoms with E-state index in [0.29, 0.717) is 19.7 Å². The number of aliphatic hydroxyl groups excluding tert-OH is 1. The van der Waals surface area contributed by atoms with Crippen LogP contribution < -0.4 is 5.32 Å². The summed E-state index contributed by atoms with van der Waals surface area (Å²) in [5, 5.41) is 19.1. The number of aromatic nitrogens is 3. The van der Waals surface area contributed by atoms with Gasteiger partial charge in [-0.2, -0.15) is 0 Å². The van der Waals surface area contributed by atoms with Gasteiger partial charge in [0, 0.05) is 6.54 Å². The van der Waals surface area contributed by atoms with Crippen LogP contribution in [0.5, 0.6) is 0 Å². The molecule has 2 rings (SSSR count). The molecule has 22 heavy (non-hydrogen) atoms. The molecule has 0 spiro atoms. The molecule has 0 bridgehead atoms. The van der Waals surface area contributed by atoms with Crippen molar-refractivity contribution in [1.82, 2.24) is 20.3 Å². The highest BCUT2D eigenvalue weighted by atomic mass is 16.5. The van der Waals surface area contributed by atoms with E-state index in [4.69, 9.17) is 9.84 Å². The molecule has 7 nitrogen and oxygen atoms in total. The summed E-state index contributed by atoms with van der Waals surface area (Å²) in [5.74, 6) is -0.289. The predicted octanol–water partition coefficient (Wildman–Crippen LogP) is 0.374. The lowest BCUT2D eigenvalue weighted by atomic mass is 10.1. The van der Waals surface area contributed by atoms with Crippen molar-refractivity contribution in [1.29, 1.82) is 0 Å². The molecular weight excluding hydrogens is 284 g/mol. The Morgan fingerprint density at radius 1 is 1.32 bits per heavy atom. The Morgan fingerprint density at radius 2 is 2.09 bits per heavy atom. The molecule has 1 heterocycles. The highest BCUT2D eigenvalue weighted by Gasteiger charge is 2.10. The summed E-state index contributed by atoms with van der Waals surface area (Å²) in [6.07, 6.45) is 1.61. The summed E-state index contributed by atoms with van der Waals surface area (Å²) >= 11 is 0. The fourth-order valence-electron chi connectivity index (χ4n) is 1.85. The minimum absolute atomic E-state index is 0.0265. The average Bonchev–Trinajstić information content (AvgIpc) is 2.98. The van der Waals surface area contributed by atoms with Gasteiger partial charge in [-0.05, 0) is 12.5 Å². The average molecular weight is 304 g/mol. The van der Waals surface area contributed by atoms with E-state index < -0.39 is 0 Å². The number of nitrogens with zero attached hydrogens (tertiary/aromatic N) is 3. The number of aliphatic hydroxyl groups is 1. The lowest BCUT2D eigenvalue weighted by Crippen LogP contribution is -2.27. The van der Waals surface area contributed by atoms with Crippen LogP contribution in [0.4, 0.5) is 0 Å². The number of hydrogen-bond donors (Lipinski definition) is 2. The lowest BCUT2D eigenvalue weighted by Gasteiger charge is -2.03. The normalized spacial score (nSPS) is 10.6. The standard InChI is InChI=1S/C15H20N4O3/c1-12-2-4-13(5-3-12)10-19-11-14(17-18-19)15(21)16-6-8-22-9-7-20/h2-5,11,20H,6-10H2,1H3,(H,16,21). The molecule has 118 valence electrons. The molecule has 0 fully saturated rings. The number of aryl methyl sites for hydroxylation is 1. The third-order valence-electron chi connectivity index (χ3n) is 3.00. The zero-order chi connectivity index (χ0) is 15.8. The van der Waals surface area contributed by atoms with Crippen molar-refractivity contribution in [3.05, 3.63) is 47.3 Å². The number of ether oxygens (including phenoxy) is 1. The van der Waals surface area contributed by atoms with Gasteiger partial charge in [-0.15, -0.1) is 5.10 Å². The second-order valence-electron chi connectivity index (χ2n) is 4.88. The number of hydrogen-bond acceptors (Lipinski definition) is 5. The first kappa shape index (κ1) is 16.1. The van der Waals surface area contributed by atoms with Crippen LogP contribution in [0.1, 0.15) is 21.6 Å². The van der Waals surface area contributed by atoms with Crippen LogP contribution in [0.3, 0.4) is 0 Å². The summed E-state index contributed by atoms with van der Waals surface area (Å²) in [6.45, 7) is 3.56. The Kier molecular flexibility index (Phi) is 6.05. The van der Waals surface area contributed by atoms with Crippen LogP contribution in [0.25, 0.3) is 0 Å². The molecule has 0 radical (unpaired) electrons. The number of amides is 1. The van der Waals surface area contributed by atoms with Crippen LogP contribution in [0, 0.1) is 6.92 Å². The molecule has 7 heteroatoms. The quantitative estimate of drug-likeness (QED) is 0.688. The van der Waals surface area contributed by atoms with Crippen molar-refractivity contribution < 1.29 is 14.6 Å². The summed E-state index contributed by atoms with van der Waals surface area (Å²) in [6, 6.07) is 8.11. The van der Waals surface area contributed by atoms with E-state index in [1.165, 1.54) is 5.56 Å². The Morgan fingerprint density at radius 3 is 2.82 bits per heavy atom. The second-order valence-corrected chi connectivity index (χ2v) is 4.88.